The molecule has 3 aromatic rings. The summed E-state index contributed by atoms with van der Waals surface area (Å²) in [5.74, 6) is -0.0500. The quantitative estimate of drug-likeness (QED) is 0.587. The van der Waals surface area contributed by atoms with Crippen molar-refractivity contribution in [1.82, 2.24) is 0 Å². The highest BCUT2D eigenvalue weighted by Gasteiger charge is 2.15. The maximum absolute atomic E-state index is 12.1. The van der Waals surface area contributed by atoms with E-state index < -0.39 is 18.5 Å². The molecule has 0 saturated heterocycles. The molecule has 0 unspecified atom stereocenters. The van der Waals surface area contributed by atoms with Gasteiger partial charge in [0.2, 0.25) is 5.76 Å². The van der Waals surface area contributed by atoms with Gasteiger partial charge in [0.15, 0.2) is 6.61 Å². The molecule has 0 fully saturated rings. The number of para-hydroxylation sites is 1. The first kappa shape index (κ1) is 19.5. The Balaban J connectivity index is 1.49. The van der Waals surface area contributed by atoms with Gasteiger partial charge in [0.05, 0.1) is 0 Å². The number of carbonyl (C=O) groups excluding carboxylic acids is 2. The first-order valence-corrected chi connectivity index (χ1v) is 8.89. The summed E-state index contributed by atoms with van der Waals surface area (Å²) < 4.78 is 15.9. The van der Waals surface area contributed by atoms with Crippen LogP contribution < -0.4 is 10.1 Å². The molecule has 0 atom stereocenters. The molecule has 144 valence electrons. The van der Waals surface area contributed by atoms with Gasteiger partial charge in [0, 0.05) is 10.7 Å². The van der Waals surface area contributed by atoms with Crippen molar-refractivity contribution in [3.8, 4) is 5.75 Å². The molecule has 3 rings (SSSR count). The van der Waals surface area contributed by atoms with Crippen molar-refractivity contribution in [3.63, 3.8) is 0 Å². The second-order valence-electron chi connectivity index (χ2n) is 5.95. The summed E-state index contributed by atoms with van der Waals surface area (Å²) in [4.78, 5) is 24.0. The molecule has 0 bridgehead atoms. The van der Waals surface area contributed by atoms with E-state index >= 15 is 0 Å². The summed E-state index contributed by atoms with van der Waals surface area (Å²) in [6.45, 7) is 1.56. The highest BCUT2D eigenvalue weighted by molar-refractivity contribution is 6.31. The Kier molecular flexibility index (Phi) is 6.34. The smallest absolute Gasteiger partial charge is 0.374 e. The fourth-order valence-electron chi connectivity index (χ4n) is 2.35. The Bertz CT molecular complexity index is 968. The lowest BCUT2D eigenvalue weighted by atomic mass is 10.2. The van der Waals surface area contributed by atoms with Crippen molar-refractivity contribution in [2.45, 2.75) is 13.5 Å². The molecule has 28 heavy (non-hydrogen) atoms. The Hall–Kier alpha value is -3.25. The van der Waals surface area contributed by atoms with E-state index in [9.17, 15) is 9.59 Å². The lowest BCUT2D eigenvalue weighted by molar-refractivity contribution is -0.119. The Labute approximate surface area is 167 Å². The van der Waals surface area contributed by atoms with E-state index in [0.29, 0.717) is 22.2 Å². The molecule has 0 aliphatic rings. The second-order valence-corrected chi connectivity index (χ2v) is 6.39. The molecule has 7 heteroatoms. The molecule has 0 aliphatic carbocycles. The van der Waals surface area contributed by atoms with E-state index in [2.05, 4.69) is 5.32 Å². The zero-order chi connectivity index (χ0) is 19.9. The highest BCUT2D eigenvalue weighted by atomic mass is 35.5. The van der Waals surface area contributed by atoms with Crippen LogP contribution >= 0.6 is 11.6 Å². The van der Waals surface area contributed by atoms with Crippen LogP contribution in [0.4, 0.5) is 5.69 Å². The Morgan fingerprint density at radius 3 is 2.64 bits per heavy atom. The van der Waals surface area contributed by atoms with Gasteiger partial charge in [-0.15, -0.1) is 0 Å². The number of nitrogens with one attached hydrogen (secondary N) is 1. The van der Waals surface area contributed by atoms with E-state index in [4.69, 9.17) is 25.5 Å². The Morgan fingerprint density at radius 2 is 1.86 bits per heavy atom. The number of furan rings is 1. The van der Waals surface area contributed by atoms with E-state index in [-0.39, 0.29) is 12.4 Å². The number of hydrogen-bond donors (Lipinski definition) is 1. The predicted molar refractivity (Wildman–Crippen MR) is 105 cm³/mol. The average Bonchev–Trinajstić information content (AvgIpc) is 3.17. The first-order valence-electron chi connectivity index (χ1n) is 8.51. The molecule has 1 N–H and O–H groups in total. The molecule has 0 aliphatic heterocycles. The number of carbonyl (C=O) groups is 2. The van der Waals surface area contributed by atoms with Crippen LogP contribution in [0.25, 0.3) is 0 Å². The van der Waals surface area contributed by atoms with Crippen molar-refractivity contribution >= 4 is 29.2 Å². The van der Waals surface area contributed by atoms with Gasteiger partial charge in [-0.1, -0.05) is 35.9 Å². The summed E-state index contributed by atoms with van der Waals surface area (Å²) in [7, 11) is 0. The van der Waals surface area contributed by atoms with E-state index in [0.717, 1.165) is 5.56 Å². The Morgan fingerprint density at radius 1 is 1.07 bits per heavy atom. The SMILES string of the molecule is Cc1ccc(Cl)cc1NC(=O)COC(=O)c1ccc(COc2ccccc2)o1. The van der Waals surface area contributed by atoms with Gasteiger partial charge in [-0.25, -0.2) is 4.79 Å². The highest BCUT2D eigenvalue weighted by Crippen LogP contribution is 2.20. The third kappa shape index (κ3) is 5.37. The fourth-order valence-corrected chi connectivity index (χ4v) is 2.53. The summed E-state index contributed by atoms with van der Waals surface area (Å²) in [6.07, 6.45) is 0. The predicted octanol–water partition coefficient (Wildman–Crippen LogP) is 4.62. The number of halogens is 1. The summed E-state index contributed by atoms with van der Waals surface area (Å²) in [6, 6.07) is 17.5. The number of amides is 1. The summed E-state index contributed by atoms with van der Waals surface area (Å²) in [5, 5.41) is 3.15. The number of benzene rings is 2. The first-order chi connectivity index (χ1) is 13.5. The fraction of sp³-hybridized carbons (Fsp3) is 0.143. The molecule has 2 aromatic carbocycles. The molecule has 1 heterocycles. The summed E-state index contributed by atoms with van der Waals surface area (Å²) >= 11 is 5.92. The lowest BCUT2D eigenvalue weighted by Crippen LogP contribution is -2.21. The van der Waals surface area contributed by atoms with E-state index in [1.807, 2.05) is 37.3 Å². The van der Waals surface area contributed by atoms with Crippen LogP contribution in [0.1, 0.15) is 21.9 Å². The van der Waals surface area contributed by atoms with Gasteiger partial charge in [-0.2, -0.15) is 0 Å². The normalized spacial score (nSPS) is 10.4. The maximum atomic E-state index is 12.1. The largest absolute Gasteiger partial charge is 0.486 e. The number of ether oxygens (including phenoxy) is 2. The van der Waals surface area contributed by atoms with Crippen molar-refractivity contribution in [1.29, 1.82) is 0 Å². The molecule has 1 aromatic heterocycles. The van der Waals surface area contributed by atoms with Gasteiger partial charge < -0.3 is 19.2 Å². The molecule has 0 spiro atoms. The zero-order valence-electron chi connectivity index (χ0n) is 15.1. The van der Waals surface area contributed by atoms with Gasteiger partial charge in [0.25, 0.3) is 5.91 Å². The van der Waals surface area contributed by atoms with Crippen LogP contribution in [0.2, 0.25) is 5.02 Å². The number of hydrogen-bond acceptors (Lipinski definition) is 5. The van der Waals surface area contributed by atoms with Crippen LogP contribution in [0.15, 0.2) is 65.1 Å². The maximum Gasteiger partial charge on any atom is 0.374 e. The second kappa shape index (κ2) is 9.10. The minimum absolute atomic E-state index is 0.00148. The van der Waals surface area contributed by atoms with E-state index in [1.165, 1.54) is 6.07 Å². The van der Waals surface area contributed by atoms with E-state index in [1.54, 1.807) is 24.3 Å². The average molecular weight is 400 g/mol. The van der Waals surface area contributed by atoms with Crippen LogP contribution in [0.3, 0.4) is 0 Å². The van der Waals surface area contributed by atoms with Crippen LogP contribution in [-0.2, 0) is 16.1 Å². The molecule has 0 saturated carbocycles. The summed E-state index contributed by atoms with van der Waals surface area (Å²) in [5.41, 5.74) is 1.41. The zero-order valence-corrected chi connectivity index (χ0v) is 15.9. The monoisotopic (exact) mass is 399 g/mol. The van der Waals surface area contributed by atoms with Gasteiger partial charge in [-0.3, -0.25) is 4.79 Å². The molecular formula is C21H18ClNO5. The third-order valence-electron chi connectivity index (χ3n) is 3.80. The van der Waals surface area contributed by atoms with Crippen molar-refractivity contribution in [2.24, 2.45) is 0 Å². The molecule has 0 radical (unpaired) electrons. The van der Waals surface area contributed by atoms with Crippen molar-refractivity contribution in [2.75, 3.05) is 11.9 Å². The number of esters is 1. The standard InChI is InChI=1S/C21H18ClNO5/c1-14-7-8-15(22)11-18(14)23-20(24)13-27-21(25)19-10-9-17(28-19)12-26-16-5-3-2-4-6-16/h2-11H,12-13H2,1H3,(H,23,24). The number of aryl methyl sites for hydroxylation is 1. The van der Waals surface area contributed by atoms with Crippen LogP contribution in [0.5, 0.6) is 5.75 Å². The van der Waals surface area contributed by atoms with Crippen molar-refractivity contribution < 1.29 is 23.5 Å². The van der Waals surface area contributed by atoms with Crippen molar-refractivity contribution in [3.05, 3.63) is 82.8 Å². The van der Waals surface area contributed by atoms with Crippen LogP contribution in [0, 0.1) is 6.92 Å². The minimum atomic E-state index is -0.732. The van der Waals surface area contributed by atoms with Gasteiger partial charge >= 0.3 is 5.97 Å². The number of rotatable bonds is 7. The van der Waals surface area contributed by atoms with Gasteiger partial charge in [0.1, 0.15) is 18.1 Å². The van der Waals surface area contributed by atoms with Crippen LogP contribution in [-0.4, -0.2) is 18.5 Å². The molecule has 6 nitrogen and oxygen atoms in total. The minimum Gasteiger partial charge on any atom is -0.486 e. The molecule has 1 amide bonds. The topological polar surface area (TPSA) is 77.8 Å². The number of anilines is 1. The van der Waals surface area contributed by atoms with Gasteiger partial charge in [-0.05, 0) is 48.9 Å². The third-order valence-corrected chi connectivity index (χ3v) is 4.03. The molecular weight excluding hydrogens is 382 g/mol. The lowest BCUT2D eigenvalue weighted by Gasteiger charge is -2.09.